The molecule has 160 valence electrons. The molecular formula is C24H21Cl2FN2OS. The maximum Gasteiger partial charge on any atom is 0.251 e. The highest BCUT2D eigenvalue weighted by Crippen LogP contribution is 2.44. The van der Waals surface area contributed by atoms with E-state index in [9.17, 15) is 9.18 Å². The van der Waals surface area contributed by atoms with Gasteiger partial charge in [-0.05, 0) is 48.9 Å². The van der Waals surface area contributed by atoms with Gasteiger partial charge in [0.15, 0.2) is 0 Å². The van der Waals surface area contributed by atoms with Crippen LogP contribution in [0.4, 0.5) is 10.1 Å². The molecule has 1 heterocycles. The fraction of sp³-hybridized carbons (Fsp3) is 0.250. The van der Waals surface area contributed by atoms with E-state index in [1.165, 1.54) is 17.8 Å². The van der Waals surface area contributed by atoms with Crippen molar-refractivity contribution >= 4 is 52.3 Å². The first-order valence-electron chi connectivity index (χ1n) is 10.1. The number of halogens is 3. The highest BCUT2D eigenvalue weighted by atomic mass is 35.5. The van der Waals surface area contributed by atoms with Crippen LogP contribution in [0.1, 0.15) is 35.7 Å². The molecule has 3 nitrogen and oxygen atoms in total. The predicted octanol–water partition coefficient (Wildman–Crippen LogP) is 7.16. The first-order chi connectivity index (χ1) is 15.0. The topological polar surface area (TPSA) is 41.5 Å². The molecule has 1 N–H and O–H groups in total. The van der Waals surface area contributed by atoms with Gasteiger partial charge in [0.2, 0.25) is 0 Å². The second kappa shape index (κ2) is 9.60. The van der Waals surface area contributed by atoms with E-state index in [1.807, 2.05) is 18.2 Å². The number of rotatable bonds is 5. The predicted molar refractivity (Wildman–Crippen MR) is 128 cm³/mol. The number of nitrogens with one attached hydrogen (secondary N) is 1. The molecule has 1 amide bonds. The molecule has 0 saturated carbocycles. The van der Waals surface area contributed by atoms with E-state index in [-0.39, 0.29) is 22.9 Å². The minimum absolute atomic E-state index is 0.130. The van der Waals surface area contributed by atoms with Crippen molar-refractivity contribution in [2.75, 3.05) is 6.54 Å². The molecule has 2 aliphatic rings. The van der Waals surface area contributed by atoms with E-state index < -0.39 is 0 Å². The largest absolute Gasteiger partial charge is 0.352 e. The summed E-state index contributed by atoms with van der Waals surface area (Å²) >= 11 is 14.1. The van der Waals surface area contributed by atoms with Gasteiger partial charge in [-0.25, -0.2) is 4.39 Å². The van der Waals surface area contributed by atoms with E-state index >= 15 is 0 Å². The van der Waals surface area contributed by atoms with Crippen molar-refractivity contribution in [1.29, 1.82) is 0 Å². The van der Waals surface area contributed by atoms with Gasteiger partial charge in [0, 0.05) is 38.8 Å². The summed E-state index contributed by atoms with van der Waals surface area (Å²) in [7, 11) is 0. The van der Waals surface area contributed by atoms with Gasteiger partial charge < -0.3 is 5.32 Å². The van der Waals surface area contributed by atoms with Crippen molar-refractivity contribution in [2.45, 2.75) is 29.9 Å². The second-order valence-corrected chi connectivity index (χ2v) is 9.50. The minimum atomic E-state index is -0.273. The molecule has 0 fully saturated rings. The summed E-state index contributed by atoms with van der Waals surface area (Å²) in [6.07, 6.45) is 6.83. The van der Waals surface area contributed by atoms with Crippen molar-refractivity contribution < 1.29 is 9.18 Å². The van der Waals surface area contributed by atoms with Crippen LogP contribution in [0, 0.1) is 5.92 Å². The summed E-state index contributed by atoms with van der Waals surface area (Å²) in [4.78, 5) is 18.4. The zero-order chi connectivity index (χ0) is 22.0. The number of unbranched alkanes of at least 4 members (excludes halogenated alkanes) is 1. The van der Waals surface area contributed by atoms with Crippen molar-refractivity contribution in [1.82, 2.24) is 5.32 Å². The van der Waals surface area contributed by atoms with Crippen LogP contribution in [0.25, 0.3) is 0 Å². The van der Waals surface area contributed by atoms with E-state index in [4.69, 9.17) is 28.2 Å². The molecule has 31 heavy (non-hydrogen) atoms. The van der Waals surface area contributed by atoms with Crippen molar-refractivity contribution in [3.8, 4) is 0 Å². The average molecular weight is 475 g/mol. The van der Waals surface area contributed by atoms with Crippen LogP contribution in [0.15, 0.2) is 70.3 Å². The van der Waals surface area contributed by atoms with E-state index in [0.29, 0.717) is 27.8 Å². The van der Waals surface area contributed by atoms with Crippen LogP contribution in [0.2, 0.25) is 10.0 Å². The van der Waals surface area contributed by atoms with E-state index in [0.717, 1.165) is 29.0 Å². The number of hydrogen-bond acceptors (Lipinski definition) is 3. The Balaban J connectivity index is 1.79. The Morgan fingerprint density at radius 1 is 1.23 bits per heavy atom. The van der Waals surface area contributed by atoms with Gasteiger partial charge in [-0.2, -0.15) is 0 Å². The molecule has 0 spiro atoms. The fourth-order valence-electron chi connectivity index (χ4n) is 3.59. The highest BCUT2D eigenvalue weighted by molar-refractivity contribution is 8.00. The summed E-state index contributed by atoms with van der Waals surface area (Å²) < 4.78 is 14.1. The fourth-order valence-corrected chi connectivity index (χ4v) is 5.32. The SMILES string of the molecule is CCCCNC(=O)c1ccc2c(c1)N=C(c1ccc(Cl)cc1Cl)C1C=CC(F)=CC1S2. The third-order valence-corrected chi connectivity index (χ3v) is 7.05. The van der Waals surface area contributed by atoms with Crippen molar-refractivity contribution in [2.24, 2.45) is 10.9 Å². The lowest BCUT2D eigenvalue weighted by Crippen LogP contribution is -2.25. The maximum atomic E-state index is 14.1. The maximum absolute atomic E-state index is 14.1. The standard InChI is InChI=1S/C24H21Cl2FN2OS/c1-2-3-10-28-24(30)14-4-9-21-20(11-14)29-23(17-7-5-15(25)12-19(17)26)18-8-6-16(27)13-22(18)31-21/h4-9,11-13,18,22H,2-3,10H2,1H3,(H,28,30). The Bertz CT molecular complexity index is 1110. The zero-order valence-electron chi connectivity index (χ0n) is 16.9. The lowest BCUT2D eigenvalue weighted by molar-refractivity contribution is 0.0953. The molecule has 0 aromatic heterocycles. The van der Waals surface area contributed by atoms with Gasteiger partial charge in [0.25, 0.3) is 5.91 Å². The number of thioether (sulfide) groups is 1. The number of allylic oxidation sites excluding steroid dienone is 3. The molecule has 4 rings (SSSR count). The first-order valence-corrected chi connectivity index (χ1v) is 11.8. The normalized spacial score (nSPS) is 19.6. The zero-order valence-corrected chi connectivity index (χ0v) is 19.2. The summed E-state index contributed by atoms with van der Waals surface area (Å²) in [5.41, 5.74) is 2.68. The van der Waals surface area contributed by atoms with Crippen molar-refractivity contribution in [3.63, 3.8) is 0 Å². The Hall–Kier alpha value is -2.08. The van der Waals surface area contributed by atoms with Crippen LogP contribution in [-0.4, -0.2) is 23.4 Å². The lowest BCUT2D eigenvalue weighted by Gasteiger charge is -2.24. The van der Waals surface area contributed by atoms with Crippen LogP contribution in [0.5, 0.6) is 0 Å². The van der Waals surface area contributed by atoms with Crippen LogP contribution in [-0.2, 0) is 0 Å². The molecule has 0 saturated heterocycles. The van der Waals surface area contributed by atoms with Gasteiger partial charge in [-0.1, -0.05) is 48.7 Å². The molecule has 7 heteroatoms. The molecular weight excluding hydrogens is 454 g/mol. The third-order valence-electron chi connectivity index (χ3n) is 5.20. The van der Waals surface area contributed by atoms with Crippen LogP contribution in [0.3, 0.4) is 0 Å². The smallest absolute Gasteiger partial charge is 0.251 e. The van der Waals surface area contributed by atoms with Gasteiger partial charge in [-0.3, -0.25) is 9.79 Å². The molecule has 2 atom stereocenters. The van der Waals surface area contributed by atoms with Crippen LogP contribution < -0.4 is 5.32 Å². The molecule has 2 aromatic carbocycles. The summed E-state index contributed by atoms with van der Waals surface area (Å²) in [5.74, 6) is -0.571. The number of fused-ring (bicyclic) bond motifs is 2. The average Bonchev–Trinajstić information content (AvgIpc) is 2.89. The number of benzene rings is 2. The van der Waals surface area contributed by atoms with Gasteiger partial charge in [0.05, 0.1) is 16.4 Å². The number of nitrogens with zero attached hydrogens (tertiary/aromatic N) is 1. The molecule has 2 aromatic rings. The minimum Gasteiger partial charge on any atom is -0.352 e. The quantitative estimate of drug-likeness (QED) is 0.467. The Labute approximate surface area is 195 Å². The number of hydrogen-bond donors (Lipinski definition) is 1. The van der Waals surface area contributed by atoms with E-state index in [1.54, 1.807) is 30.3 Å². The third kappa shape index (κ3) is 4.89. The summed E-state index contributed by atoms with van der Waals surface area (Å²) in [6, 6.07) is 10.7. The number of amides is 1. The van der Waals surface area contributed by atoms with Gasteiger partial charge >= 0.3 is 0 Å². The van der Waals surface area contributed by atoms with Gasteiger partial charge in [0.1, 0.15) is 5.83 Å². The molecule has 1 aliphatic heterocycles. The van der Waals surface area contributed by atoms with E-state index in [2.05, 4.69) is 12.2 Å². The first kappa shape index (κ1) is 22.1. The summed E-state index contributed by atoms with van der Waals surface area (Å²) in [6.45, 7) is 2.71. The number of carbonyl (C=O) groups excluding carboxylic acids is 1. The van der Waals surface area contributed by atoms with Crippen molar-refractivity contribution in [3.05, 3.63) is 81.6 Å². The molecule has 0 bridgehead atoms. The molecule has 0 radical (unpaired) electrons. The number of carbonyl (C=O) groups is 1. The Morgan fingerprint density at radius 2 is 2.06 bits per heavy atom. The molecule has 1 aliphatic carbocycles. The van der Waals surface area contributed by atoms with Gasteiger partial charge in [-0.15, -0.1) is 11.8 Å². The summed E-state index contributed by atoms with van der Waals surface area (Å²) in [5, 5.41) is 3.77. The lowest BCUT2D eigenvalue weighted by atomic mass is 9.90. The van der Waals surface area contributed by atoms with Crippen LogP contribution >= 0.6 is 35.0 Å². The number of aliphatic imine (C=N–C) groups is 1. The second-order valence-electron chi connectivity index (χ2n) is 7.43. The Kier molecular flexibility index (Phi) is 6.85. The monoisotopic (exact) mass is 474 g/mol. The highest BCUT2D eigenvalue weighted by Gasteiger charge is 2.32. The molecule has 2 unspecified atom stereocenters. The Morgan fingerprint density at radius 3 is 2.84 bits per heavy atom.